The molecule has 1 aliphatic rings. The average molecular weight is 399 g/mol. The Morgan fingerprint density at radius 1 is 1.03 bits per heavy atom. The normalized spacial score (nSPS) is 14.8. The van der Waals surface area contributed by atoms with E-state index in [1.807, 2.05) is 72.6 Å². The van der Waals surface area contributed by atoms with E-state index in [0.29, 0.717) is 5.92 Å². The monoisotopic (exact) mass is 398 g/mol. The molecule has 1 amide bonds. The van der Waals surface area contributed by atoms with Gasteiger partial charge in [-0.05, 0) is 67.2 Å². The highest BCUT2D eigenvalue weighted by molar-refractivity contribution is 5.91. The number of nitrogens with one attached hydrogen (secondary N) is 1. The number of carbonyl (C=O) groups is 1. The van der Waals surface area contributed by atoms with Crippen molar-refractivity contribution in [1.29, 1.82) is 0 Å². The molecule has 1 aliphatic heterocycles. The lowest BCUT2D eigenvalue weighted by molar-refractivity contribution is -0.126. The fourth-order valence-electron chi connectivity index (χ4n) is 3.78. The van der Waals surface area contributed by atoms with Crippen molar-refractivity contribution in [1.82, 2.24) is 14.9 Å². The van der Waals surface area contributed by atoms with Gasteiger partial charge in [0.1, 0.15) is 11.6 Å². The number of nitrogens with zero attached hydrogens (tertiary/aromatic N) is 3. The molecule has 4 rings (SSSR count). The third-order valence-corrected chi connectivity index (χ3v) is 5.42. The quantitative estimate of drug-likeness (QED) is 0.618. The van der Waals surface area contributed by atoms with Gasteiger partial charge in [-0.25, -0.2) is 9.97 Å². The molecule has 0 saturated carbocycles. The van der Waals surface area contributed by atoms with Gasteiger partial charge in [0.25, 0.3) is 0 Å². The highest BCUT2D eigenvalue weighted by Gasteiger charge is 2.23. The fraction of sp³-hybridized carbons (Fsp3) is 0.240. The molecule has 1 saturated heterocycles. The third kappa shape index (κ3) is 5.11. The SMILES string of the molecule is Cc1cccc(Nc2cc(C3CCN(C(=O)/C=C/c4ccccc4)CC3)ccn2)n1. The Hall–Kier alpha value is -3.47. The maximum absolute atomic E-state index is 12.5. The Balaban J connectivity index is 1.35. The molecule has 3 heterocycles. The predicted molar refractivity (Wildman–Crippen MR) is 121 cm³/mol. The second-order valence-electron chi connectivity index (χ2n) is 7.61. The molecule has 0 bridgehead atoms. The summed E-state index contributed by atoms with van der Waals surface area (Å²) >= 11 is 0. The molecular weight excluding hydrogens is 372 g/mol. The molecular formula is C25H26N4O. The van der Waals surface area contributed by atoms with Crippen LogP contribution in [0, 0.1) is 6.92 Å². The summed E-state index contributed by atoms with van der Waals surface area (Å²) in [6.45, 7) is 3.51. The average Bonchev–Trinajstić information content (AvgIpc) is 2.78. The van der Waals surface area contributed by atoms with Crippen molar-refractivity contribution in [2.24, 2.45) is 0 Å². The van der Waals surface area contributed by atoms with Gasteiger partial charge < -0.3 is 10.2 Å². The number of hydrogen-bond donors (Lipinski definition) is 1. The van der Waals surface area contributed by atoms with Crippen LogP contribution in [0.1, 0.15) is 35.6 Å². The summed E-state index contributed by atoms with van der Waals surface area (Å²) in [7, 11) is 0. The highest BCUT2D eigenvalue weighted by Crippen LogP contribution is 2.29. The maximum atomic E-state index is 12.5. The van der Waals surface area contributed by atoms with Gasteiger partial charge >= 0.3 is 0 Å². The van der Waals surface area contributed by atoms with Gasteiger partial charge in [-0.1, -0.05) is 36.4 Å². The molecule has 5 nitrogen and oxygen atoms in total. The largest absolute Gasteiger partial charge is 0.339 e. The van der Waals surface area contributed by atoms with Crippen LogP contribution in [0.3, 0.4) is 0 Å². The van der Waals surface area contributed by atoms with Crippen LogP contribution in [0.25, 0.3) is 6.08 Å². The van der Waals surface area contributed by atoms with Crippen molar-refractivity contribution in [3.63, 3.8) is 0 Å². The molecule has 5 heteroatoms. The van der Waals surface area contributed by atoms with Crippen LogP contribution < -0.4 is 5.32 Å². The van der Waals surface area contributed by atoms with Crippen LogP contribution in [-0.4, -0.2) is 33.9 Å². The standard InChI is InChI=1S/C25H26N4O/c1-19-6-5-9-23(27-19)28-24-18-22(12-15-26-24)21-13-16-29(17-14-21)25(30)11-10-20-7-3-2-4-8-20/h2-12,15,18,21H,13-14,16-17H2,1H3,(H,26,27,28)/b11-10+. The van der Waals surface area contributed by atoms with Gasteiger partial charge in [-0.15, -0.1) is 0 Å². The van der Waals surface area contributed by atoms with E-state index in [9.17, 15) is 4.79 Å². The number of carbonyl (C=O) groups excluding carboxylic acids is 1. The zero-order valence-electron chi connectivity index (χ0n) is 17.2. The maximum Gasteiger partial charge on any atom is 0.246 e. The van der Waals surface area contributed by atoms with Crippen molar-refractivity contribution in [3.8, 4) is 0 Å². The predicted octanol–water partition coefficient (Wildman–Crippen LogP) is 4.95. The molecule has 0 atom stereocenters. The zero-order valence-corrected chi connectivity index (χ0v) is 17.2. The Labute approximate surface area is 177 Å². The van der Waals surface area contributed by atoms with E-state index >= 15 is 0 Å². The van der Waals surface area contributed by atoms with Gasteiger partial charge in [-0.2, -0.15) is 0 Å². The number of benzene rings is 1. The van der Waals surface area contributed by atoms with Crippen molar-refractivity contribution >= 4 is 23.6 Å². The minimum atomic E-state index is 0.0832. The first-order valence-electron chi connectivity index (χ1n) is 10.4. The number of pyridine rings is 2. The van der Waals surface area contributed by atoms with Crippen molar-refractivity contribution < 1.29 is 4.79 Å². The first kappa shape index (κ1) is 19.8. The minimum absolute atomic E-state index is 0.0832. The Bertz CT molecular complexity index is 1020. The topological polar surface area (TPSA) is 58.1 Å². The molecule has 0 aliphatic carbocycles. The lowest BCUT2D eigenvalue weighted by Crippen LogP contribution is -2.36. The second-order valence-corrected chi connectivity index (χ2v) is 7.61. The van der Waals surface area contributed by atoms with E-state index in [1.165, 1.54) is 5.56 Å². The van der Waals surface area contributed by atoms with E-state index in [0.717, 1.165) is 48.8 Å². The number of rotatable bonds is 5. The Morgan fingerprint density at radius 2 is 1.83 bits per heavy atom. The molecule has 1 N–H and O–H groups in total. The molecule has 0 radical (unpaired) electrons. The van der Waals surface area contributed by atoms with Gasteiger partial charge in [0.05, 0.1) is 0 Å². The highest BCUT2D eigenvalue weighted by atomic mass is 16.2. The summed E-state index contributed by atoms with van der Waals surface area (Å²) in [5.41, 5.74) is 3.27. The summed E-state index contributed by atoms with van der Waals surface area (Å²) in [5, 5.41) is 3.29. The smallest absolute Gasteiger partial charge is 0.246 e. The van der Waals surface area contributed by atoms with Crippen LogP contribution in [0.4, 0.5) is 11.6 Å². The molecule has 3 aromatic rings. The van der Waals surface area contributed by atoms with E-state index in [1.54, 1.807) is 6.08 Å². The molecule has 1 fully saturated rings. The summed E-state index contributed by atoms with van der Waals surface area (Å²) < 4.78 is 0. The number of amides is 1. The van der Waals surface area contributed by atoms with Gasteiger partial charge in [0.15, 0.2) is 0 Å². The van der Waals surface area contributed by atoms with Gasteiger partial charge in [-0.3, -0.25) is 4.79 Å². The lowest BCUT2D eigenvalue weighted by atomic mass is 9.90. The lowest BCUT2D eigenvalue weighted by Gasteiger charge is -2.31. The van der Waals surface area contributed by atoms with E-state index in [4.69, 9.17) is 0 Å². The fourth-order valence-corrected chi connectivity index (χ4v) is 3.78. The van der Waals surface area contributed by atoms with Gasteiger partial charge in [0, 0.05) is 31.1 Å². The van der Waals surface area contributed by atoms with Crippen molar-refractivity contribution in [2.75, 3.05) is 18.4 Å². The van der Waals surface area contributed by atoms with Crippen LogP contribution in [0.2, 0.25) is 0 Å². The van der Waals surface area contributed by atoms with Crippen molar-refractivity contribution in [3.05, 3.63) is 89.8 Å². The molecule has 0 spiro atoms. The van der Waals surface area contributed by atoms with E-state index in [2.05, 4.69) is 27.4 Å². The first-order valence-corrected chi connectivity index (χ1v) is 10.4. The number of piperidine rings is 1. The van der Waals surface area contributed by atoms with Crippen molar-refractivity contribution in [2.45, 2.75) is 25.7 Å². The molecule has 1 aromatic carbocycles. The summed E-state index contributed by atoms with van der Waals surface area (Å²) in [5.74, 6) is 2.11. The third-order valence-electron chi connectivity index (χ3n) is 5.42. The first-order chi connectivity index (χ1) is 14.7. The van der Waals surface area contributed by atoms with Crippen LogP contribution in [0.5, 0.6) is 0 Å². The minimum Gasteiger partial charge on any atom is -0.339 e. The number of aromatic nitrogens is 2. The summed E-state index contributed by atoms with van der Waals surface area (Å²) in [6.07, 6.45) is 7.31. The van der Waals surface area contributed by atoms with Crippen LogP contribution >= 0.6 is 0 Å². The van der Waals surface area contributed by atoms with Crippen LogP contribution in [0.15, 0.2) is 72.9 Å². The zero-order chi connectivity index (χ0) is 20.8. The summed E-state index contributed by atoms with van der Waals surface area (Å²) in [6, 6.07) is 20.0. The number of aryl methyl sites for hydroxylation is 1. The van der Waals surface area contributed by atoms with E-state index in [-0.39, 0.29) is 5.91 Å². The second kappa shape index (κ2) is 9.35. The molecule has 30 heavy (non-hydrogen) atoms. The number of anilines is 2. The summed E-state index contributed by atoms with van der Waals surface area (Å²) in [4.78, 5) is 23.4. The Morgan fingerprint density at radius 3 is 2.60 bits per heavy atom. The van der Waals surface area contributed by atoms with Crippen LogP contribution in [-0.2, 0) is 4.79 Å². The van der Waals surface area contributed by atoms with E-state index < -0.39 is 0 Å². The van der Waals surface area contributed by atoms with Gasteiger partial charge in [0.2, 0.25) is 5.91 Å². The Kier molecular flexibility index (Phi) is 6.18. The molecule has 2 aromatic heterocycles. The number of likely N-dealkylation sites (tertiary alicyclic amines) is 1. The number of hydrogen-bond acceptors (Lipinski definition) is 4. The molecule has 152 valence electrons. The molecule has 0 unspecified atom stereocenters.